The number of rotatable bonds is 5. The Kier molecular flexibility index (Phi) is 5.35. The van der Waals surface area contributed by atoms with Crippen molar-refractivity contribution >= 4 is 34.8 Å². The van der Waals surface area contributed by atoms with Crippen LogP contribution in [0.3, 0.4) is 0 Å². The van der Waals surface area contributed by atoms with Gasteiger partial charge in [-0.1, -0.05) is 12.1 Å². The van der Waals surface area contributed by atoms with Crippen molar-refractivity contribution in [2.75, 3.05) is 24.7 Å². The lowest BCUT2D eigenvalue weighted by Gasteiger charge is -2.11. The van der Waals surface area contributed by atoms with E-state index in [9.17, 15) is 4.79 Å². The van der Waals surface area contributed by atoms with Gasteiger partial charge < -0.3 is 10.0 Å². The summed E-state index contributed by atoms with van der Waals surface area (Å²) in [7, 11) is 3.99. The Bertz CT molecular complexity index is 760. The highest BCUT2D eigenvalue weighted by molar-refractivity contribution is 7.99. The van der Waals surface area contributed by atoms with Crippen LogP contribution in [0, 0.1) is 0 Å². The number of carboxylic acid groups (broad SMARTS) is 1. The first-order valence-corrected chi connectivity index (χ1v) is 8.97. The summed E-state index contributed by atoms with van der Waals surface area (Å²) in [6.07, 6.45) is 0. The van der Waals surface area contributed by atoms with Gasteiger partial charge in [-0.05, 0) is 42.0 Å². The maximum absolute atomic E-state index is 11.0. The van der Waals surface area contributed by atoms with Crippen LogP contribution in [0.2, 0.25) is 0 Å². The predicted molar refractivity (Wildman–Crippen MR) is 101 cm³/mol. The van der Waals surface area contributed by atoms with Gasteiger partial charge in [0.1, 0.15) is 6.04 Å². The molecule has 6 nitrogen and oxygen atoms in total. The van der Waals surface area contributed by atoms with Crippen LogP contribution in [0.15, 0.2) is 58.8 Å². The number of benzene rings is 2. The molecule has 3 rings (SSSR count). The third-order valence-corrected chi connectivity index (χ3v) is 5.19. The van der Waals surface area contributed by atoms with Crippen molar-refractivity contribution in [1.29, 1.82) is 0 Å². The largest absolute Gasteiger partial charge is 0.480 e. The Labute approximate surface area is 151 Å². The number of aliphatic carboxylic acids is 1. The summed E-state index contributed by atoms with van der Waals surface area (Å²) in [6, 6.07) is 15.1. The molecule has 1 aliphatic rings. The van der Waals surface area contributed by atoms with E-state index >= 15 is 0 Å². The molecule has 7 heteroatoms. The zero-order chi connectivity index (χ0) is 17.8. The Hall–Kier alpha value is -2.38. The van der Waals surface area contributed by atoms with Gasteiger partial charge in [-0.3, -0.25) is 10.1 Å². The number of hydrogen-bond acceptors (Lipinski definition) is 6. The van der Waals surface area contributed by atoms with Gasteiger partial charge in [-0.15, -0.1) is 11.8 Å². The van der Waals surface area contributed by atoms with Crippen LogP contribution in [-0.2, 0) is 4.79 Å². The number of carbonyl (C=O) groups is 1. The number of anilines is 1. The third kappa shape index (κ3) is 4.37. The van der Waals surface area contributed by atoms with Gasteiger partial charge in [0, 0.05) is 25.5 Å². The Morgan fingerprint density at radius 2 is 1.64 bits per heavy atom. The Morgan fingerprint density at radius 3 is 2.12 bits per heavy atom. The minimum Gasteiger partial charge on any atom is -0.480 e. The van der Waals surface area contributed by atoms with Crippen LogP contribution >= 0.6 is 11.8 Å². The zero-order valence-corrected chi connectivity index (χ0v) is 14.9. The molecule has 2 aromatic carbocycles. The first kappa shape index (κ1) is 17.4. The minimum atomic E-state index is -0.805. The molecule has 0 aromatic heterocycles. The van der Waals surface area contributed by atoms with Crippen molar-refractivity contribution in [2.24, 2.45) is 10.2 Å². The van der Waals surface area contributed by atoms with Gasteiger partial charge in [-0.2, -0.15) is 10.2 Å². The van der Waals surface area contributed by atoms with E-state index in [4.69, 9.17) is 5.11 Å². The maximum atomic E-state index is 11.0. The first-order chi connectivity index (χ1) is 12.0. The summed E-state index contributed by atoms with van der Waals surface area (Å²) >= 11 is 1.60. The van der Waals surface area contributed by atoms with E-state index < -0.39 is 12.0 Å². The number of azo groups is 1. The van der Waals surface area contributed by atoms with Crippen molar-refractivity contribution in [2.45, 2.75) is 11.4 Å². The van der Waals surface area contributed by atoms with Crippen LogP contribution < -0.4 is 10.2 Å². The van der Waals surface area contributed by atoms with Crippen LogP contribution in [-0.4, -0.2) is 37.0 Å². The lowest BCUT2D eigenvalue weighted by Crippen LogP contribution is -2.33. The van der Waals surface area contributed by atoms with E-state index in [2.05, 4.69) is 15.5 Å². The lowest BCUT2D eigenvalue weighted by molar-refractivity contribution is -0.138. The van der Waals surface area contributed by atoms with Gasteiger partial charge in [0.25, 0.3) is 0 Å². The van der Waals surface area contributed by atoms with Gasteiger partial charge in [0.05, 0.1) is 16.7 Å². The average molecular weight is 356 g/mol. The van der Waals surface area contributed by atoms with Crippen molar-refractivity contribution in [3.05, 3.63) is 54.1 Å². The average Bonchev–Trinajstić information content (AvgIpc) is 3.11. The minimum absolute atomic E-state index is 0.00525. The quantitative estimate of drug-likeness (QED) is 0.793. The smallest absolute Gasteiger partial charge is 0.321 e. The summed E-state index contributed by atoms with van der Waals surface area (Å²) in [4.78, 5) is 13.0. The monoisotopic (exact) mass is 356 g/mol. The van der Waals surface area contributed by atoms with E-state index in [1.54, 1.807) is 11.8 Å². The molecule has 2 atom stereocenters. The zero-order valence-electron chi connectivity index (χ0n) is 14.1. The highest BCUT2D eigenvalue weighted by atomic mass is 32.2. The van der Waals surface area contributed by atoms with E-state index in [0.29, 0.717) is 5.75 Å². The fourth-order valence-corrected chi connectivity index (χ4v) is 3.69. The first-order valence-electron chi connectivity index (χ1n) is 7.92. The molecule has 25 heavy (non-hydrogen) atoms. The SMILES string of the molecule is CN(C)c1ccc(N=Nc2ccc(C3N[C@H](C(=O)O)CS3)cc2)cc1. The summed E-state index contributed by atoms with van der Waals surface area (Å²) in [5, 5.41) is 20.7. The number of thioether (sulfide) groups is 1. The molecule has 2 N–H and O–H groups in total. The molecule has 1 unspecified atom stereocenters. The highest BCUT2D eigenvalue weighted by Crippen LogP contribution is 2.33. The molecule has 0 aliphatic carbocycles. The van der Waals surface area contributed by atoms with E-state index in [1.807, 2.05) is 67.5 Å². The molecule has 1 heterocycles. The second-order valence-electron chi connectivity index (χ2n) is 5.97. The Morgan fingerprint density at radius 1 is 1.08 bits per heavy atom. The normalized spacial score (nSPS) is 20.1. The molecule has 1 saturated heterocycles. The van der Waals surface area contributed by atoms with Crippen LogP contribution in [0.4, 0.5) is 17.1 Å². The fraction of sp³-hybridized carbons (Fsp3) is 0.278. The summed E-state index contributed by atoms with van der Waals surface area (Å²) in [6.45, 7) is 0. The molecule has 130 valence electrons. The third-order valence-electron chi connectivity index (χ3n) is 3.92. The molecule has 0 amide bonds. The topological polar surface area (TPSA) is 77.3 Å². The molecule has 2 aromatic rings. The van der Waals surface area contributed by atoms with Gasteiger partial charge >= 0.3 is 5.97 Å². The van der Waals surface area contributed by atoms with E-state index in [-0.39, 0.29) is 5.37 Å². The molecule has 0 radical (unpaired) electrons. The van der Waals surface area contributed by atoms with Crippen molar-refractivity contribution < 1.29 is 9.90 Å². The molecule has 1 fully saturated rings. The summed E-state index contributed by atoms with van der Waals surface area (Å²) in [5.74, 6) is -0.231. The molecular weight excluding hydrogens is 336 g/mol. The van der Waals surface area contributed by atoms with Crippen molar-refractivity contribution in [3.8, 4) is 0 Å². The Balaban J connectivity index is 1.63. The van der Waals surface area contributed by atoms with Crippen LogP contribution in [0.5, 0.6) is 0 Å². The lowest BCUT2D eigenvalue weighted by atomic mass is 10.2. The van der Waals surface area contributed by atoms with Crippen LogP contribution in [0.1, 0.15) is 10.9 Å². The van der Waals surface area contributed by atoms with E-state index in [1.165, 1.54) is 0 Å². The second-order valence-corrected chi connectivity index (χ2v) is 7.11. The molecule has 1 aliphatic heterocycles. The molecular formula is C18H20N4O2S. The number of nitrogens with zero attached hydrogens (tertiary/aromatic N) is 3. The summed E-state index contributed by atoms with van der Waals surface area (Å²) in [5.41, 5.74) is 3.72. The number of carboxylic acids is 1. The van der Waals surface area contributed by atoms with Gasteiger partial charge in [-0.25, -0.2) is 0 Å². The fourth-order valence-electron chi connectivity index (χ4n) is 2.46. The van der Waals surface area contributed by atoms with Gasteiger partial charge in [0.15, 0.2) is 0 Å². The number of hydrogen-bond donors (Lipinski definition) is 2. The standard InChI is InChI=1S/C18H20N4O2S/c1-22(2)15-9-7-14(8-10-15)21-20-13-5-3-12(4-6-13)17-19-16(11-25-17)18(23)24/h3-10,16-17,19H,11H2,1-2H3,(H,23,24)/t16-,17?/m0/s1. The predicted octanol–water partition coefficient (Wildman–Crippen LogP) is 3.96. The van der Waals surface area contributed by atoms with Crippen LogP contribution in [0.25, 0.3) is 0 Å². The number of nitrogens with one attached hydrogen (secondary N) is 1. The molecule has 0 saturated carbocycles. The maximum Gasteiger partial charge on any atom is 0.321 e. The molecule has 0 spiro atoms. The summed E-state index contributed by atoms with van der Waals surface area (Å²) < 4.78 is 0. The van der Waals surface area contributed by atoms with Gasteiger partial charge in [0.2, 0.25) is 0 Å². The highest BCUT2D eigenvalue weighted by Gasteiger charge is 2.30. The molecule has 0 bridgehead atoms. The van der Waals surface area contributed by atoms with Crippen molar-refractivity contribution in [1.82, 2.24) is 5.32 Å². The van der Waals surface area contributed by atoms with Crippen molar-refractivity contribution in [3.63, 3.8) is 0 Å². The second kappa shape index (κ2) is 7.67. The van der Waals surface area contributed by atoms with E-state index in [0.717, 1.165) is 22.6 Å².